The second-order valence-corrected chi connectivity index (χ2v) is 4.91. The van der Waals surface area contributed by atoms with Gasteiger partial charge < -0.3 is 15.4 Å². The molecule has 1 aliphatic heterocycles. The van der Waals surface area contributed by atoms with Gasteiger partial charge in [-0.2, -0.15) is 0 Å². The molecule has 1 aromatic rings. The molecule has 0 aliphatic carbocycles. The minimum Gasteiger partial charge on any atom is -0.497 e. The fourth-order valence-electron chi connectivity index (χ4n) is 2.64. The van der Waals surface area contributed by atoms with Crippen molar-refractivity contribution in [2.75, 3.05) is 20.2 Å². The average Bonchev–Trinajstić information content (AvgIpc) is 2.82. The van der Waals surface area contributed by atoms with Crippen LogP contribution in [0.4, 0.5) is 4.39 Å². The second-order valence-electron chi connectivity index (χ2n) is 4.91. The molecule has 104 valence electrons. The first-order valence-electron chi connectivity index (χ1n) is 6.37. The molecule has 1 aromatic carbocycles. The monoisotopic (exact) mass is 266 g/mol. The third-order valence-electron chi connectivity index (χ3n) is 3.69. The van der Waals surface area contributed by atoms with Crippen LogP contribution in [-0.4, -0.2) is 31.0 Å². The van der Waals surface area contributed by atoms with Gasteiger partial charge in [-0.3, -0.25) is 4.79 Å². The van der Waals surface area contributed by atoms with Crippen molar-refractivity contribution in [2.24, 2.45) is 11.7 Å². The largest absolute Gasteiger partial charge is 0.497 e. The first kappa shape index (κ1) is 13.8. The van der Waals surface area contributed by atoms with Crippen molar-refractivity contribution >= 4 is 5.91 Å². The summed E-state index contributed by atoms with van der Waals surface area (Å²) in [7, 11) is 1.50. The smallest absolute Gasteiger partial charge is 0.219 e. The summed E-state index contributed by atoms with van der Waals surface area (Å²) in [5.41, 5.74) is 6.20. The van der Waals surface area contributed by atoms with Crippen LogP contribution in [0.15, 0.2) is 18.2 Å². The number of nitrogens with two attached hydrogens (primary N) is 1. The molecule has 1 fully saturated rings. The molecule has 0 saturated carbocycles. The van der Waals surface area contributed by atoms with Gasteiger partial charge in [0.05, 0.1) is 13.2 Å². The molecule has 0 aromatic heterocycles. The fourth-order valence-corrected chi connectivity index (χ4v) is 2.64. The summed E-state index contributed by atoms with van der Waals surface area (Å²) in [6.45, 7) is 2.62. The van der Waals surface area contributed by atoms with Gasteiger partial charge in [0.25, 0.3) is 0 Å². The van der Waals surface area contributed by atoms with E-state index in [-0.39, 0.29) is 23.7 Å². The number of rotatable bonds is 3. The van der Waals surface area contributed by atoms with Crippen molar-refractivity contribution in [3.8, 4) is 5.75 Å². The third kappa shape index (κ3) is 2.71. The molecule has 0 radical (unpaired) electrons. The highest BCUT2D eigenvalue weighted by atomic mass is 19.1. The van der Waals surface area contributed by atoms with E-state index < -0.39 is 0 Å². The maximum atomic E-state index is 14.1. The number of nitrogens with zero attached hydrogens (tertiary/aromatic N) is 1. The lowest BCUT2D eigenvalue weighted by Gasteiger charge is -2.24. The van der Waals surface area contributed by atoms with Gasteiger partial charge in [-0.05, 0) is 24.9 Å². The first-order chi connectivity index (χ1) is 9.06. The molecule has 2 rings (SSSR count). The molecule has 2 unspecified atom stereocenters. The summed E-state index contributed by atoms with van der Waals surface area (Å²) < 4.78 is 19.1. The van der Waals surface area contributed by atoms with Gasteiger partial charge in [-0.15, -0.1) is 0 Å². The lowest BCUT2D eigenvalue weighted by atomic mass is 9.99. The summed E-state index contributed by atoms with van der Waals surface area (Å²) in [5.74, 6) is 0.323. The zero-order valence-electron chi connectivity index (χ0n) is 11.2. The number of ether oxygens (including phenoxy) is 1. The summed E-state index contributed by atoms with van der Waals surface area (Å²) in [5, 5.41) is 0. The van der Waals surface area contributed by atoms with Gasteiger partial charge in [0, 0.05) is 25.1 Å². The van der Waals surface area contributed by atoms with Crippen LogP contribution < -0.4 is 10.5 Å². The number of carbonyl (C=O) groups excluding carboxylic acids is 1. The molecular weight excluding hydrogens is 247 g/mol. The van der Waals surface area contributed by atoms with Gasteiger partial charge in [0.1, 0.15) is 11.6 Å². The number of amides is 1. The van der Waals surface area contributed by atoms with Gasteiger partial charge in [-0.1, -0.05) is 6.07 Å². The standard InChI is InChI=1S/C14H19FN2O2/c1-9(18)17-8-10(7-16)5-14(17)12-4-3-11(19-2)6-13(12)15/h3-4,6,10,14H,5,7-8,16H2,1-2H3. The Morgan fingerprint density at radius 1 is 1.58 bits per heavy atom. The first-order valence-corrected chi connectivity index (χ1v) is 6.37. The van der Waals surface area contributed by atoms with E-state index in [4.69, 9.17) is 10.5 Å². The van der Waals surface area contributed by atoms with Gasteiger partial charge in [0.2, 0.25) is 5.91 Å². The highest BCUT2D eigenvalue weighted by Gasteiger charge is 2.35. The average molecular weight is 266 g/mol. The summed E-state index contributed by atoms with van der Waals surface area (Å²) in [6.07, 6.45) is 0.708. The maximum absolute atomic E-state index is 14.1. The van der Waals surface area contributed by atoms with Crippen molar-refractivity contribution in [1.29, 1.82) is 0 Å². The van der Waals surface area contributed by atoms with Crippen LogP contribution in [0.2, 0.25) is 0 Å². The number of carbonyl (C=O) groups is 1. The summed E-state index contributed by atoms with van der Waals surface area (Å²) in [4.78, 5) is 13.4. The van der Waals surface area contributed by atoms with Crippen LogP contribution in [0.1, 0.15) is 24.9 Å². The molecule has 1 saturated heterocycles. The van der Waals surface area contributed by atoms with Gasteiger partial charge >= 0.3 is 0 Å². The van der Waals surface area contributed by atoms with E-state index >= 15 is 0 Å². The molecule has 1 aliphatic rings. The van der Waals surface area contributed by atoms with Crippen molar-refractivity contribution < 1.29 is 13.9 Å². The zero-order valence-corrected chi connectivity index (χ0v) is 11.2. The van der Waals surface area contributed by atoms with Crippen molar-refractivity contribution in [3.63, 3.8) is 0 Å². The maximum Gasteiger partial charge on any atom is 0.219 e. The predicted molar refractivity (Wildman–Crippen MR) is 70.2 cm³/mol. The molecule has 0 bridgehead atoms. The number of methoxy groups -OCH3 is 1. The Hall–Kier alpha value is -1.62. The van der Waals surface area contributed by atoms with Crippen molar-refractivity contribution in [2.45, 2.75) is 19.4 Å². The molecule has 2 N–H and O–H groups in total. The topological polar surface area (TPSA) is 55.6 Å². The van der Waals surface area contributed by atoms with E-state index in [0.29, 0.717) is 30.8 Å². The highest BCUT2D eigenvalue weighted by molar-refractivity contribution is 5.74. The molecule has 1 amide bonds. The highest BCUT2D eigenvalue weighted by Crippen LogP contribution is 2.37. The van der Waals surface area contributed by atoms with E-state index in [0.717, 1.165) is 0 Å². The number of hydrogen-bond acceptors (Lipinski definition) is 3. The Kier molecular flexibility index (Phi) is 4.04. The SMILES string of the molecule is COc1ccc(C2CC(CN)CN2C(C)=O)c(F)c1. The number of likely N-dealkylation sites (tertiary alicyclic amines) is 1. The molecule has 2 atom stereocenters. The van der Waals surface area contributed by atoms with Crippen molar-refractivity contribution in [1.82, 2.24) is 4.90 Å². The Morgan fingerprint density at radius 2 is 2.32 bits per heavy atom. The Bertz CT molecular complexity index is 479. The third-order valence-corrected chi connectivity index (χ3v) is 3.69. The molecular formula is C14H19FN2O2. The lowest BCUT2D eigenvalue weighted by Crippen LogP contribution is -2.30. The molecule has 4 nitrogen and oxygen atoms in total. The lowest BCUT2D eigenvalue weighted by molar-refractivity contribution is -0.129. The minimum absolute atomic E-state index is 0.0452. The number of halogens is 1. The van der Waals surface area contributed by atoms with E-state index in [2.05, 4.69) is 0 Å². The molecule has 19 heavy (non-hydrogen) atoms. The Labute approximate surface area is 112 Å². The fraction of sp³-hybridized carbons (Fsp3) is 0.500. The molecule has 0 spiro atoms. The quantitative estimate of drug-likeness (QED) is 0.906. The molecule has 1 heterocycles. The van der Waals surface area contributed by atoms with Gasteiger partial charge in [-0.25, -0.2) is 4.39 Å². The van der Waals surface area contributed by atoms with Crippen LogP contribution in [0, 0.1) is 11.7 Å². The zero-order chi connectivity index (χ0) is 14.0. The number of benzene rings is 1. The van der Waals surface area contributed by atoms with Crippen molar-refractivity contribution in [3.05, 3.63) is 29.6 Å². The second kappa shape index (κ2) is 5.57. The Morgan fingerprint density at radius 3 is 2.84 bits per heavy atom. The molecule has 5 heteroatoms. The predicted octanol–water partition coefficient (Wildman–Crippen LogP) is 1.70. The van der Waals surface area contributed by atoms with Crippen LogP contribution in [0.25, 0.3) is 0 Å². The minimum atomic E-state index is -0.340. The van der Waals surface area contributed by atoms with Crippen LogP contribution >= 0.6 is 0 Å². The van der Waals surface area contributed by atoms with E-state index in [1.807, 2.05) is 0 Å². The van der Waals surface area contributed by atoms with Gasteiger partial charge in [0.15, 0.2) is 0 Å². The van der Waals surface area contributed by atoms with E-state index in [9.17, 15) is 9.18 Å². The Balaban J connectivity index is 2.31. The van der Waals surface area contributed by atoms with E-state index in [1.165, 1.54) is 20.1 Å². The summed E-state index contributed by atoms with van der Waals surface area (Å²) in [6, 6.07) is 4.53. The normalized spacial score (nSPS) is 22.6. The van der Waals surface area contributed by atoms with Crippen LogP contribution in [0.3, 0.4) is 0 Å². The van der Waals surface area contributed by atoms with Crippen LogP contribution in [0.5, 0.6) is 5.75 Å². The summed E-state index contributed by atoms with van der Waals surface area (Å²) >= 11 is 0. The number of hydrogen-bond donors (Lipinski definition) is 1. The van der Waals surface area contributed by atoms with E-state index in [1.54, 1.807) is 17.0 Å². The van der Waals surface area contributed by atoms with Crippen LogP contribution in [-0.2, 0) is 4.79 Å².